The molecule has 13 heteroatoms. The fourth-order valence-electron chi connectivity index (χ4n) is 7.05. The summed E-state index contributed by atoms with van der Waals surface area (Å²) >= 11 is 0. The topological polar surface area (TPSA) is 127 Å². The predicted molar refractivity (Wildman–Crippen MR) is 187 cm³/mol. The molecule has 0 radical (unpaired) electrons. The van der Waals surface area contributed by atoms with Crippen LogP contribution in [0.1, 0.15) is 62.1 Å². The zero-order valence-electron chi connectivity index (χ0n) is 29.1. The molecule has 3 aromatic heterocycles. The molecule has 1 saturated heterocycles. The molecule has 1 N–H and O–H groups in total. The van der Waals surface area contributed by atoms with E-state index >= 15 is 4.39 Å². The minimum Gasteiger partial charge on any atom is -0.490 e. The van der Waals surface area contributed by atoms with Crippen LogP contribution in [0.25, 0.3) is 33.4 Å². The second kappa shape index (κ2) is 13.0. The Bertz CT molecular complexity index is 2060. The smallest absolute Gasteiger partial charge is 0.337 e. The Morgan fingerprint density at radius 1 is 1.10 bits per heavy atom. The van der Waals surface area contributed by atoms with E-state index in [4.69, 9.17) is 14.5 Å². The van der Waals surface area contributed by atoms with Crippen LogP contribution in [-0.4, -0.2) is 83.0 Å². The molecule has 0 saturated carbocycles. The maximum Gasteiger partial charge on any atom is 0.337 e. The van der Waals surface area contributed by atoms with E-state index in [1.807, 2.05) is 36.7 Å². The van der Waals surface area contributed by atoms with Crippen LogP contribution < -0.4 is 9.64 Å². The number of fused-ring (bicyclic) bond motifs is 2. The van der Waals surface area contributed by atoms with Gasteiger partial charge in [-0.25, -0.2) is 31.9 Å². The number of pyridine rings is 2. The summed E-state index contributed by atoms with van der Waals surface area (Å²) in [6.07, 6.45) is 3.67. The second-order valence-corrected chi connectivity index (χ2v) is 15.9. The number of rotatable bonds is 7. The molecule has 0 bridgehead atoms. The average molecular weight is 694 g/mol. The van der Waals surface area contributed by atoms with Gasteiger partial charge < -0.3 is 24.0 Å². The molecule has 262 valence electrons. The molecule has 11 nitrogen and oxygen atoms in total. The highest BCUT2D eigenvalue weighted by atomic mass is 32.2. The highest BCUT2D eigenvalue weighted by molar-refractivity contribution is 7.88. The number of sulfonamides is 1. The minimum absolute atomic E-state index is 0.253. The van der Waals surface area contributed by atoms with Gasteiger partial charge in [0.15, 0.2) is 17.7 Å². The highest BCUT2D eigenvalue weighted by Gasteiger charge is 2.34. The number of hydrogen-bond donors (Lipinski definition) is 1. The van der Waals surface area contributed by atoms with Gasteiger partial charge in [0, 0.05) is 72.8 Å². The summed E-state index contributed by atoms with van der Waals surface area (Å²) < 4.78 is 55.6. The zero-order chi connectivity index (χ0) is 35.4. The van der Waals surface area contributed by atoms with E-state index in [2.05, 4.69) is 9.88 Å². The summed E-state index contributed by atoms with van der Waals surface area (Å²) in [4.78, 5) is 24.6. The standard InChI is InChI=1S/C36H44FN5O6S/c1-21-24-10-8-17-47-32(24)27(37)19-25(21)31-26-20-28(40(6)34(26)39-22(2)30(31)33(35(43)44)48-36(3,4)5)23-11-12-38-29(18-23)41-13-9-14-42(16-15-41)49(7,45)46/h11-12,18-20,33H,8-10,13-17H2,1-7H3,(H,43,44). The Morgan fingerprint density at radius 3 is 2.55 bits per heavy atom. The fourth-order valence-corrected chi connectivity index (χ4v) is 7.93. The number of aromatic nitrogens is 3. The van der Waals surface area contributed by atoms with Gasteiger partial charge in [-0.05, 0) is 89.3 Å². The molecule has 1 aromatic carbocycles. The summed E-state index contributed by atoms with van der Waals surface area (Å²) in [6, 6.07) is 7.29. The lowest BCUT2D eigenvalue weighted by Crippen LogP contribution is -2.34. The van der Waals surface area contributed by atoms with Crippen molar-refractivity contribution in [2.24, 2.45) is 7.05 Å². The molecule has 2 aliphatic heterocycles. The molecule has 4 aromatic rings. The number of nitrogens with zero attached hydrogens (tertiary/aromatic N) is 5. The Morgan fingerprint density at radius 2 is 1.86 bits per heavy atom. The third kappa shape index (κ3) is 6.75. The molecule has 49 heavy (non-hydrogen) atoms. The Labute approximate surface area is 286 Å². The van der Waals surface area contributed by atoms with Crippen molar-refractivity contribution in [2.75, 3.05) is 43.9 Å². The summed E-state index contributed by atoms with van der Waals surface area (Å²) in [5, 5.41) is 11.2. The highest BCUT2D eigenvalue weighted by Crippen LogP contribution is 2.45. The number of carboxylic acid groups (broad SMARTS) is 1. The second-order valence-electron chi connectivity index (χ2n) is 14.0. The van der Waals surface area contributed by atoms with Crippen molar-refractivity contribution in [2.45, 2.75) is 65.6 Å². The lowest BCUT2D eigenvalue weighted by molar-refractivity contribution is -0.160. The van der Waals surface area contributed by atoms with Crippen molar-refractivity contribution < 1.29 is 32.2 Å². The third-order valence-corrected chi connectivity index (χ3v) is 10.7. The van der Waals surface area contributed by atoms with Gasteiger partial charge in [0.05, 0.1) is 24.2 Å². The van der Waals surface area contributed by atoms with Crippen LogP contribution in [0.15, 0.2) is 30.5 Å². The van der Waals surface area contributed by atoms with Gasteiger partial charge in [-0.1, -0.05) is 0 Å². The molecule has 0 amide bonds. The van der Waals surface area contributed by atoms with Crippen molar-refractivity contribution in [3.05, 3.63) is 58.7 Å². The van der Waals surface area contributed by atoms with Crippen LogP contribution in [0.3, 0.4) is 0 Å². The van der Waals surface area contributed by atoms with E-state index in [1.54, 1.807) is 33.9 Å². The van der Waals surface area contributed by atoms with E-state index in [0.717, 1.165) is 34.6 Å². The number of carboxylic acids is 1. The third-order valence-electron chi connectivity index (χ3n) is 9.36. The lowest BCUT2D eigenvalue weighted by atomic mass is 9.86. The fraction of sp³-hybridized carbons (Fsp3) is 0.472. The number of aliphatic carboxylic acids is 1. The minimum atomic E-state index is -3.29. The van der Waals surface area contributed by atoms with Gasteiger partial charge in [-0.3, -0.25) is 0 Å². The number of anilines is 1. The van der Waals surface area contributed by atoms with Crippen molar-refractivity contribution in [1.82, 2.24) is 18.8 Å². The average Bonchev–Trinajstić information content (AvgIpc) is 3.19. The Balaban J connectivity index is 1.55. The van der Waals surface area contributed by atoms with Crippen LogP contribution >= 0.6 is 0 Å². The van der Waals surface area contributed by atoms with Crippen molar-refractivity contribution in [3.8, 4) is 28.1 Å². The monoisotopic (exact) mass is 693 g/mol. The Kier molecular flexibility index (Phi) is 9.22. The maximum absolute atomic E-state index is 15.8. The molecule has 1 unspecified atom stereocenters. The lowest BCUT2D eigenvalue weighted by Gasteiger charge is -2.29. The van der Waals surface area contributed by atoms with Gasteiger partial charge >= 0.3 is 5.97 Å². The number of ether oxygens (including phenoxy) is 2. The van der Waals surface area contributed by atoms with Crippen LogP contribution in [0.5, 0.6) is 5.75 Å². The summed E-state index contributed by atoms with van der Waals surface area (Å²) in [7, 11) is -1.39. The summed E-state index contributed by atoms with van der Waals surface area (Å²) in [6.45, 7) is 11.5. The quantitative estimate of drug-likeness (QED) is 0.256. The molecule has 6 rings (SSSR count). The normalized spacial score (nSPS) is 16.7. The SMILES string of the molecule is Cc1nc2c(cc(-c3ccnc(N4CCCN(S(C)(=O)=O)CC4)c3)n2C)c(-c2cc(F)c3c(c2C)CCCO3)c1C(OC(C)(C)C)C(=O)O. The van der Waals surface area contributed by atoms with Gasteiger partial charge in [0.1, 0.15) is 11.5 Å². The largest absolute Gasteiger partial charge is 0.490 e. The first kappa shape index (κ1) is 34.8. The van der Waals surface area contributed by atoms with Crippen molar-refractivity contribution in [3.63, 3.8) is 0 Å². The van der Waals surface area contributed by atoms with E-state index in [0.29, 0.717) is 79.0 Å². The van der Waals surface area contributed by atoms with Crippen LogP contribution in [0.4, 0.5) is 10.2 Å². The number of benzene rings is 1. The molecule has 0 spiro atoms. The van der Waals surface area contributed by atoms with Gasteiger partial charge in [-0.2, -0.15) is 0 Å². The molecule has 5 heterocycles. The van der Waals surface area contributed by atoms with E-state index in [1.165, 1.54) is 16.6 Å². The first-order valence-corrected chi connectivity index (χ1v) is 18.4. The molecule has 2 aliphatic rings. The van der Waals surface area contributed by atoms with E-state index in [-0.39, 0.29) is 5.75 Å². The van der Waals surface area contributed by atoms with Crippen molar-refractivity contribution >= 4 is 32.8 Å². The molecule has 1 atom stereocenters. The van der Waals surface area contributed by atoms with Gasteiger partial charge in [0.25, 0.3) is 0 Å². The van der Waals surface area contributed by atoms with Gasteiger partial charge in [-0.15, -0.1) is 0 Å². The number of aryl methyl sites for hydroxylation is 2. The molecule has 0 aliphatic carbocycles. The summed E-state index contributed by atoms with van der Waals surface area (Å²) in [5.74, 6) is -0.681. The maximum atomic E-state index is 15.8. The van der Waals surface area contributed by atoms with E-state index < -0.39 is 33.5 Å². The van der Waals surface area contributed by atoms with E-state index in [9.17, 15) is 18.3 Å². The number of hydrogen-bond acceptors (Lipinski definition) is 8. The van der Waals surface area contributed by atoms with Crippen LogP contribution in [-0.2, 0) is 33.0 Å². The first-order valence-electron chi connectivity index (χ1n) is 16.6. The predicted octanol–water partition coefficient (Wildman–Crippen LogP) is 5.80. The molecule has 1 fully saturated rings. The van der Waals surface area contributed by atoms with Crippen LogP contribution in [0, 0.1) is 19.7 Å². The molecular formula is C36H44FN5O6S. The Hall–Kier alpha value is -4.07. The zero-order valence-corrected chi connectivity index (χ0v) is 29.9. The van der Waals surface area contributed by atoms with Gasteiger partial charge in [0.2, 0.25) is 10.0 Å². The van der Waals surface area contributed by atoms with Crippen LogP contribution in [0.2, 0.25) is 0 Å². The number of carbonyl (C=O) groups is 1. The summed E-state index contributed by atoms with van der Waals surface area (Å²) in [5.41, 5.74) is 5.05. The van der Waals surface area contributed by atoms with Crippen molar-refractivity contribution in [1.29, 1.82) is 0 Å². The number of halogens is 1. The molecular weight excluding hydrogens is 649 g/mol. The first-order chi connectivity index (χ1) is 23.0.